The summed E-state index contributed by atoms with van der Waals surface area (Å²) in [5, 5.41) is 11.8. The molecule has 2 aromatic heterocycles. The smallest absolute Gasteiger partial charge is 0.252 e. The number of hydrogen-bond acceptors (Lipinski definition) is 6. The minimum absolute atomic E-state index is 0.00182. The first-order chi connectivity index (χ1) is 20.0. The number of carbonyl (C=O) groups is 3. The third-order valence-electron chi connectivity index (χ3n) is 7.04. The SMILES string of the molecule is N#Cc1ccnc(N2C(=O)CC[C@H]2C(=O)N(c2cncc(F)c2)C(C(=O)NC2CC(F)(F)C2)c2cccc(Cl)c2Cl)c1. The minimum atomic E-state index is -2.95. The van der Waals surface area contributed by atoms with E-state index in [1.54, 1.807) is 0 Å². The van der Waals surface area contributed by atoms with E-state index in [0.29, 0.717) is 0 Å². The quantitative estimate of drug-likeness (QED) is 0.400. The maximum Gasteiger partial charge on any atom is 0.252 e. The molecule has 1 saturated carbocycles. The van der Waals surface area contributed by atoms with Crippen molar-refractivity contribution in [2.45, 2.75) is 49.7 Å². The zero-order valence-electron chi connectivity index (χ0n) is 21.6. The Balaban J connectivity index is 1.63. The van der Waals surface area contributed by atoms with Crippen LogP contribution < -0.4 is 15.1 Å². The fourth-order valence-electron chi connectivity index (χ4n) is 5.09. The van der Waals surface area contributed by atoms with Crippen molar-refractivity contribution in [3.8, 4) is 6.07 Å². The summed E-state index contributed by atoms with van der Waals surface area (Å²) in [6.07, 6.45) is 2.09. The van der Waals surface area contributed by atoms with Crippen LogP contribution in [0.3, 0.4) is 0 Å². The van der Waals surface area contributed by atoms with Crippen LogP contribution in [0, 0.1) is 17.1 Å². The molecule has 0 radical (unpaired) electrons. The van der Waals surface area contributed by atoms with Crippen LogP contribution in [0.25, 0.3) is 0 Å². The second-order valence-electron chi connectivity index (χ2n) is 9.92. The first-order valence-corrected chi connectivity index (χ1v) is 13.5. The zero-order chi connectivity index (χ0) is 30.2. The number of nitrogens with one attached hydrogen (secondary N) is 1. The topological polar surface area (TPSA) is 119 Å². The maximum absolute atomic E-state index is 14.5. The van der Waals surface area contributed by atoms with Crippen LogP contribution in [0.2, 0.25) is 10.0 Å². The van der Waals surface area contributed by atoms with Crippen molar-refractivity contribution >= 4 is 52.4 Å². The highest BCUT2D eigenvalue weighted by Gasteiger charge is 2.48. The van der Waals surface area contributed by atoms with Crippen LogP contribution in [-0.4, -0.2) is 45.7 Å². The highest BCUT2D eigenvalue weighted by atomic mass is 35.5. The summed E-state index contributed by atoms with van der Waals surface area (Å²) in [6.45, 7) is 0. The summed E-state index contributed by atoms with van der Waals surface area (Å²) >= 11 is 12.8. The molecule has 216 valence electrons. The molecule has 1 unspecified atom stereocenters. The number of pyridine rings is 2. The molecule has 1 N–H and O–H groups in total. The molecule has 3 heterocycles. The summed E-state index contributed by atoms with van der Waals surface area (Å²) in [4.78, 5) is 51.3. The molecule has 1 saturated heterocycles. The van der Waals surface area contributed by atoms with Crippen molar-refractivity contribution in [1.82, 2.24) is 15.3 Å². The molecular formula is C28H21Cl2F3N6O3. The minimum Gasteiger partial charge on any atom is -0.351 e. The number of amides is 3. The van der Waals surface area contributed by atoms with Crippen LogP contribution in [-0.2, 0) is 14.4 Å². The van der Waals surface area contributed by atoms with Crippen molar-refractivity contribution < 1.29 is 27.6 Å². The second-order valence-corrected chi connectivity index (χ2v) is 10.7. The molecular weight excluding hydrogens is 596 g/mol. The molecule has 0 spiro atoms. The number of aromatic nitrogens is 2. The second kappa shape index (κ2) is 11.6. The Labute approximate surface area is 247 Å². The summed E-state index contributed by atoms with van der Waals surface area (Å²) in [5.74, 6) is -5.91. The van der Waals surface area contributed by atoms with E-state index >= 15 is 0 Å². The van der Waals surface area contributed by atoms with Crippen LogP contribution in [0.15, 0.2) is 55.0 Å². The highest BCUT2D eigenvalue weighted by molar-refractivity contribution is 6.42. The van der Waals surface area contributed by atoms with Gasteiger partial charge >= 0.3 is 0 Å². The van der Waals surface area contributed by atoms with E-state index in [4.69, 9.17) is 23.2 Å². The van der Waals surface area contributed by atoms with Crippen LogP contribution in [0.4, 0.5) is 24.7 Å². The Bertz CT molecular complexity index is 1610. The molecule has 1 aliphatic carbocycles. The van der Waals surface area contributed by atoms with Gasteiger partial charge in [0.2, 0.25) is 11.8 Å². The van der Waals surface area contributed by atoms with Gasteiger partial charge in [-0.15, -0.1) is 0 Å². The molecule has 0 bridgehead atoms. The normalized spacial score (nSPS) is 18.6. The number of nitriles is 1. The first-order valence-electron chi connectivity index (χ1n) is 12.7. The van der Waals surface area contributed by atoms with Crippen molar-refractivity contribution in [1.29, 1.82) is 5.26 Å². The van der Waals surface area contributed by atoms with Crippen molar-refractivity contribution in [3.05, 3.63) is 82.0 Å². The van der Waals surface area contributed by atoms with Crippen molar-refractivity contribution in [2.24, 2.45) is 0 Å². The summed E-state index contributed by atoms with van der Waals surface area (Å²) in [6, 6.07) is 6.30. The van der Waals surface area contributed by atoms with E-state index in [9.17, 15) is 32.8 Å². The van der Waals surface area contributed by atoms with E-state index in [2.05, 4.69) is 15.3 Å². The number of hydrogen-bond donors (Lipinski definition) is 1. The van der Waals surface area contributed by atoms with Gasteiger partial charge in [-0.1, -0.05) is 35.3 Å². The Morgan fingerprint density at radius 1 is 1.19 bits per heavy atom. The molecule has 1 aromatic carbocycles. The third kappa shape index (κ3) is 5.75. The molecule has 2 aliphatic rings. The lowest BCUT2D eigenvalue weighted by Gasteiger charge is -2.39. The molecule has 2 fully saturated rings. The van der Waals surface area contributed by atoms with Crippen molar-refractivity contribution in [2.75, 3.05) is 9.80 Å². The standard InChI is InChI=1S/C28H21Cl2F3N6O3/c29-20-3-1-2-19(24(20)30)25(26(41)37-17-10-28(32,33)11-17)38(18-9-16(31)13-35-14-18)27(42)21-4-5-23(40)39(21)22-8-15(12-34)6-7-36-22/h1-3,6-9,13-14,17,21,25H,4-5,10-11H2,(H,37,41)/t21-,25?/m0/s1. The lowest BCUT2D eigenvalue weighted by molar-refractivity contribution is -0.133. The van der Waals surface area contributed by atoms with Gasteiger partial charge in [-0.2, -0.15) is 5.26 Å². The van der Waals surface area contributed by atoms with Gasteiger partial charge in [0.05, 0.1) is 39.8 Å². The van der Waals surface area contributed by atoms with Gasteiger partial charge in [-0.3, -0.25) is 29.2 Å². The average molecular weight is 617 g/mol. The average Bonchev–Trinajstić information content (AvgIpc) is 3.33. The molecule has 9 nitrogen and oxygen atoms in total. The van der Waals surface area contributed by atoms with Gasteiger partial charge in [0, 0.05) is 43.1 Å². The molecule has 3 aromatic rings. The number of nitrogens with zero attached hydrogens (tertiary/aromatic N) is 5. The van der Waals surface area contributed by atoms with Gasteiger partial charge in [-0.05, 0) is 24.6 Å². The first kappa shape index (κ1) is 29.3. The molecule has 14 heteroatoms. The van der Waals surface area contributed by atoms with Crippen molar-refractivity contribution in [3.63, 3.8) is 0 Å². The van der Waals surface area contributed by atoms with E-state index in [-0.39, 0.29) is 45.5 Å². The van der Waals surface area contributed by atoms with Gasteiger partial charge in [0.15, 0.2) is 0 Å². The van der Waals surface area contributed by atoms with E-state index in [1.165, 1.54) is 36.5 Å². The molecule has 42 heavy (non-hydrogen) atoms. The Morgan fingerprint density at radius 2 is 1.95 bits per heavy atom. The summed E-state index contributed by atoms with van der Waals surface area (Å²) in [7, 11) is 0. The van der Waals surface area contributed by atoms with Gasteiger partial charge < -0.3 is 5.32 Å². The zero-order valence-corrected chi connectivity index (χ0v) is 23.1. The van der Waals surface area contributed by atoms with Crippen LogP contribution >= 0.6 is 23.2 Å². The lowest BCUT2D eigenvalue weighted by atomic mass is 9.87. The van der Waals surface area contributed by atoms with E-state index in [1.807, 2.05) is 6.07 Å². The Kier molecular flexibility index (Phi) is 8.08. The van der Waals surface area contributed by atoms with Crippen LogP contribution in [0.1, 0.15) is 42.9 Å². The third-order valence-corrected chi connectivity index (χ3v) is 7.88. The molecule has 3 amide bonds. The number of anilines is 2. The fraction of sp³-hybridized carbons (Fsp3) is 0.286. The highest BCUT2D eigenvalue weighted by Crippen LogP contribution is 2.40. The number of alkyl halides is 2. The van der Waals surface area contributed by atoms with Gasteiger partial charge in [-0.25, -0.2) is 18.2 Å². The molecule has 2 atom stereocenters. The monoisotopic (exact) mass is 616 g/mol. The number of carbonyl (C=O) groups excluding carboxylic acids is 3. The Hall–Kier alpha value is -4.21. The Morgan fingerprint density at radius 3 is 2.64 bits per heavy atom. The summed E-state index contributed by atoms with van der Waals surface area (Å²) < 4.78 is 41.7. The van der Waals surface area contributed by atoms with E-state index < -0.39 is 60.4 Å². The van der Waals surface area contributed by atoms with Gasteiger partial charge in [0.1, 0.15) is 23.7 Å². The predicted octanol–water partition coefficient (Wildman–Crippen LogP) is 4.98. The van der Waals surface area contributed by atoms with Crippen LogP contribution in [0.5, 0.6) is 0 Å². The maximum atomic E-state index is 14.5. The largest absolute Gasteiger partial charge is 0.351 e. The number of halogens is 5. The molecule has 1 aliphatic heterocycles. The fourth-order valence-corrected chi connectivity index (χ4v) is 5.50. The van der Waals surface area contributed by atoms with E-state index in [0.717, 1.165) is 28.3 Å². The van der Waals surface area contributed by atoms with Gasteiger partial charge in [0.25, 0.3) is 11.8 Å². The number of benzene rings is 1. The lowest BCUT2D eigenvalue weighted by Crippen LogP contribution is -2.56. The number of rotatable bonds is 7. The molecule has 5 rings (SSSR count). The predicted molar refractivity (Wildman–Crippen MR) is 146 cm³/mol. The summed E-state index contributed by atoms with van der Waals surface area (Å²) in [5.41, 5.74) is 0.0661.